The zero-order chi connectivity index (χ0) is 23.4. The highest BCUT2D eigenvalue weighted by Gasteiger charge is 2.25. The van der Waals surface area contributed by atoms with Crippen LogP contribution in [0.1, 0.15) is 5.56 Å². The summed E-state index contributed by atoms with van der Waals surface area (Å²) in [7, 11) is 2.13. The Morgan fingerprint density at radius 3 is 2.79 bits per heavy atom. The van der Waals surface area contributed by atoms with Gasteiger partial charge in [0.1, 0.15) is 23.5 Å². The van der Waals surface area contributed by atoms with Gasteiger partial charge in [0, 0.05) is 39.1 Å². The maximum absolute atomic E-state index is 12.1. The highest BCUT2D eigenvalue weighted by Crippen LogP contribution is 2.39. The average molecular weight is 647 g/mol. The first-order valence-electron chi connectivity index (χ1n) is 10.5. The molecule has 0 radical (unpaired) electrons. The van der Waals surface area contributed by atoms with Crippen molar-refractivity contribution in [3.8, 4) is 11.6 Å². The Morgan fingerprint density at radius 2 is 2.03 bits per heavy atom. The van der Waals surface area contributed by atoms with Crippen molar-refractivity contribution in [2.75, 3.05) is 46.4 Å². The van der Waals surface area contributed by atoms with Crippen molar-refractivity contribution in [3.63, 3.8) is 0 Å². The number of rotatable bonds is 9. The fourth-order valence-corrected chi connectivity index (χ4v) is 6.00. The zero-order valence-corrected chi connectivity index (χ0v) is 22.6. The van der Waals surface area contributed by atoms with Crippen molar-refractivity contribution in [3.05, 3.63) is 43.5 Å². The molecule has 0 saturated carbocycles. The normalized spacial score (nSPS) is 16.1. The molecule has 0 spiro atoms. The summed E-state index contributed by atoms with van der Waals surface area (Å²) in [6.07, 6.45) is 0.435. The van der Waals surface area contributed by atoms with E-state index in [0.717, 1.165) is 50.5 Å². The number of carboxylic acid groups (broad SMARTS) is 1. The van der Waals surface area contributed by atoms with E-state index in [1.165, 1.54) is 17.7 Å². The quantitative estimate of drug-likeness (QED) is 0.352. The lowest BCUT2D eigenvalue weighted by Crippen LogP contribution is -2.45. The molecule has 176 valence electrons. The number of hydrogen-bond acceptors (Lipinski definition) is 8. The number of hydrogen-bond donors (Lipinski definition) is 1. The molecule has 33 heavy (non-hydrogen) atoms. The van der Waals surface area contributed by atoms with Crippen LogP contribution in [0.2, 0.25) is 0 Å². The third kappa shape index (κ3) is 6.13. The second-order valence-corrected chi connectivity index (χ2v) is 11.4. The predicted molar refractivity (Wildman–Crippen MR) is 139 cm³/mol. The van der Waals surface area contributed by atoms with E-state index in [4.69, 9.17) is 9.47 Å². The average Bonchev–Trinajstić information content (AvgIpc) is 3.10. The van der Waals surface area contributed by atoms with E-state index in [9.17, 15) is 9.90 Å². The fourth-order valence-electron chi connectivity index (χ4n) is 3.62. The Labute approximate surface area is 218 Å². The predicted octanol–water partition coefficient (Wildman–Crippen LogP) is 3.76. The summed E-state index contributed by atoms with van der Waals surface area (Å²) in [5, 5.41) is 10.6. The number of thiophene rings is 1. The molecule has 0 unspecified atom stereocenters. The van der Waals surface area contributed by atoms with Gasteiger partial charge < -0.3 is 19.5 Å². The minimum Gasteiger partial charge on any atom is -0.492 e. The van der Waals surface area contributed by atoms with Crippen molar-refractivity contribution < 1.29 is 19.4 Å². The first-order chi connectivity index (χ1) is 15.9. The van der Waals surface area contributed by atoms with E-state index in [-0.39, 0.29) is 12.3 Å². The second kappa shape index (κ2) is 11.3. The minimum atomic E-state index is -1.12. The van der Waals surface area contributed by atoms with E-state index in [0.29, 0.717) is 17.7 Å². The van der Waals surface area contributed by atoms with Crippen LogP contribution in [0.4, 0.5) is 0 Å². The van der Waals surface area contributed by atoms with Crippen molar-refractivity contribution in [2.45, 2.75) is 12.5 Å². The Balaban J connectivity index is 1.45. The van der Waals surface area contributed by atoms with Crippen LogP contribution in [-0.4, -0.2) is 83.3 Å². The lowest BCUT2D eigenvalue weighted by molar-refractivity contribution is -0.145. The number of para-hydroxylation sites is 1. The number of aromatic nitrogens is 2. The SMILES string of the molecule is CN1CCN(CCOc2ccccc2C[C@@H](Oc2ncnc3sc(I)c(Br)c23)C(=O)O)CC1. The molecule has 1 fully saturated rings. The van der Waals surface area contributed by atoms with Gasteiger partial charge in [-0.25, -0.2) is 14.8 Å². The highest BCUT2D eigenvalue weighted by atomic mass is 127. The van der Waals surface area contributed by atoms with Gasteiger partial charge in [-0.1, -0.05) is 18.2 Å². The molecule has 3 heterocycles. The van der Waals surface area contributed by atoms with E-state index < -0.39 is 12.1 Å². The summed E-state index contributed by atoms with van der Waals surface area (Å²) in [6, 6.07) is 7.52. The number of ether oxygens (including phenoxy) is 2. The smallest absolute Gasteiger partial charge is 0.345 e. The Bertz CT molecular complexity index is 1120. The number of fused-ring (bicyclic) bond motifs is 1. The van der Waals surface area contributed by atoms with Gasteiger partial charge in [0.15, 0.2) is 0 Å². The number of nitrogens with zero attached hydrogens (tertiary/aromatic N) is 4. The lowest BCUT2D eigenvalue weighted by atomic mass is 10.1. The van der Waals surface area contributed by atoms with E-state index in [1.54, 1.807) is 0 Å². The molecule has 1 aliphatic rings. The summed E-state index contributed by atoms with van der Waals surface area (Å²) in [6.45, 7) is 5.56. The number of carboxylic acids is 1. The van der Waals surface area contributed by atoms with Gasteiger partial charge in [-0.3, -0.25) is 4.90 Å². The van der Waals surface area contributed by atoms with Crippen LogP contribution in [0.25, 0.3) is 10.2 Å². The maximum atomic E-state index is 12.1. The van der Waals surface area contributed by atoms with Gasteiger partial charge in [-0.15, -0.1) is 11.3 Å². The van der Waals surface area contributed by atoms with Crippen molar-refractivity contribution >= 4 is 66.0 Å². The summed E-state index contributed by atoms with van der Waals surface area (Å²) in [5.41, 5.74) is 0.785. The molecule has 8 nitrogen and oxygen atoms in total. The van der Waals surface area contributed by atoms with Gasteiger partial charge in [0.2, 0.25) is 12.0 Å². The third-order valence-corrected chi connectivity index (χ3v) is 9.41. The van der Waals surface area contributed by atoms with Crippen LogP contribution in [-0.2, 0) is 11.2 Å². The molecule has 1 aromatic carbocycles. The Hall–Kier alpha value is -1.54. The topological polar surface area (TPSA) is 88.0 Å². The van der Waals surface area contributed by atoms with E-state index >= 15 is 0 Å². The summed E-state index contributed by atoms with van der Waals surface area (Å²) in [5.74, 6) is -0.123. The maximum Gasteiger partial charge on any atom is 0.345 e. The van der Waals surface area contributed by atoms with E-state index in [1.807, 2.05) is 24.3 Å². The summed E-state index contributed by atoms with van der Waals surface area (Å²) >= 11 is 7.23. The van der Waals surface area contributed by atoms with E-state index in [2.05, 4.69) is 65.3 Å². The lowest BCUT2D eigenvalue weighted by Gasteiger charge is -2.32. The molecule has 2 aromatic heterocycles. The van der Waals surface area contributed by atoms with Crippen molar-refractivity contribution in [1.29, 1.82) is 0 Å². The van der Waals surface area contributed by atoms with Crippen molar-refractivity contribution in [2.24, 2.45) is 0 Å². The summed E-state index contributed by atoms with van der Waals surface area (Å²) < 4.78 is 13.8. The first kappa shape index (κ1) is 24.6. The third-order valence-electron chi connectivity index (χ3n) is 5.52. The molecule has 1 aliphatic heterocycles. The minimum absolute atomic E-state index is 0.157. The zero-order valence-electron chi connectivity index (χ0n) is 18.0. The number of aliphatic carboxylic acids is 1. The Kier molecular flexibility index (Phi) is 8.38. The van der Waals surface area contributed by atoms with Crippen LogP contribution < -0.4 is 9.47 Å². The van der Waals surface area contributed by atoms with Crippen LogP contribution in [0.15, 0.2) is 35.1 Å². The molecular formula is C22H24BrIN4O4S. The highest BCUT2D eigenvalue weighted by molar-refractivity contribution is 14.1. The second-order valence-electron chi connectivity index (χ2n) is 7.80. The Morgan fingerprint density at radius 1 is 1.27 bits per heavy atom. The first-order valence-corrected chi connectivity index (χ1v) is 13.2. The molecule has 1 saturated heterocycles. The monoisotopic (exact) mass is 646 g/mol. The van der Waals surface area contributed by atoms with Crippen LogP contribution in [0.3, 0.4) is 0 Å². The van der Waals surface area contributed by atoms with Gasteiger partial charge in [0.25, 0.3) is 0 Å². The van der Waals surface area contributed by atoms with Crippen molar-refractivity contribution in [1.82, 2.24) is 19.8 Å². The molecule has 0 amide bonds. The largest absolute Gasteiger partial charge is 0.492 e. The van der Waals surface area contributed by atoms with Crippen LogP contribution >= 0.6 is 49.9 Å². The summed E-state index contributed by atoms with van der Waals surface area (Å²) in [4.78, 5) is 26.0. The standard InChI is InChI=1S/C22H24BrIN4O4S/c1-27-6-8-28(9-7-27)10-11-31-15-5-3-2-4-14(15)12-16(22(29)30)32-20-17-18(23)19(24)33-21(17)26-13-25-20/h2-5,13,16H,6-12H2,1H3,(H,29,30)/t16-/m1/s1. The van der Waals surface area contributed by atoms with Gasteiger partial charge in [-0.05, 0) is 57.2 Å². The number of piperazine rings is 1. The molecule has 0 aliphatic carbocycles. The molecular weight excluding hydrogens is 623 g/mol. The van der Waals surface area contributed by atoms with Crippen LogP contribution in [0, 0.1) is 2.88 Å². The molecule has 3 aromatic rings. The number of carbonyl (C=O) groups is 1. The molecule has 4 rings (SSSR count). The molecule has 1 atom stereocenters. The molecule has 0 bridgehead atoms. The van der Waals surface area contributed by atoms with Gasteiger partial charge in [-0.2, -0.15) is 0 Å². The number of likely N-dealkylation sites (N-methyl/N-ethyl adjacent to an activating group) is 1. The van der Waals surface area contributed by atoms with Gasteiger partial charge >= 0.3 is 5.97 Å². The van der Waals surface area contributed by atoms with Crippen LogP contribution in [0.5, 0.6) is 11.6 Å². The van der Waals surface area contributed by atoms with Gasteiger partial charge in [0.05, 0.1) is 12.7 Å². The number of halogens is 2. The molecule has 11 heteroatoms. The molecule has 1 N–H and O–H groups in total. The number of benzene rings is 1. The fraction of sp³-hybridized carbons (Fsp3) is 0.409.